The Bertz CT molecular complexity index is 993. The van der Waals surface area contributed by atoms with Gasteiger partial charge in [0.1, 0.15) is 24.4 Å². The topological polar surface area (TPSA) is 55.4 Å². The number of benzene rings is 3. The van der Waals surface area contributed by atoms with Crippen LogP contribution >= 0.6 is 0 Å². The molecule has 6 heteroatoms. The van der Waals surface area contributed by atoms with Crippen LogP contribution in [-0.4, -0.2) is 44.4 Å². The van der Waals surface area contributed by atoms with Crippen molar-refractivity contribution in [1.29, 1.82) is 0 Å². The Kier molecular flexibility index (Phi) is 7.65. The molecule has 2 saturated heterocycles. The van der Waals surface area contributed by atoms with Crippen molar-refractivity contribution in [2.24, 2.45) is 0 Å². The lowest BCUT2D eigenvalue weighted by atomic mass is 9.97. The molecule has 0 spiro atoms. The first-order chi connectivity index (χ1) is 16.8. The van der Waals surface area contributed by atoms with Gasteiger partial charge in [0.15, 0.2) is 12.6 Å². The summed E-state index contributed by atoms with van der Waals surface area (Å²) >= 11 is 0. The summed E-state index contributed by atoms with van der Waals surface area (Å²) in [5.41, 5.74) is 3.10. The van der Waals surface area contributed by atoms with Gasteiger partial charge in [-0.15, -0.1) is 0 Å². The molecule has 0 radical (unpaired) electrons. The Hall–Kier alpha value is -2.58. The van der Waals surface area contributed by atoms with Crippen LogP contribution in [0.1, 0.15) is 23.0 Å². The maximum absolute atomic E-state index is 6.49. The molecule has 2 fully saturated rings. The normalized spacial score (nSPS) is 28.9. The molecule has 6 atom stereocenters. The lowest BCUT2D eigenvalue weighted by molar-refractivity contribution is -0.369. The van der Waals surface area contributed by atoms with E-state index in [0.29, 0.717) is 19.8 Å². The molecule has 0 amide bonds. The van der Waals surface area contributed by atoms with Gasteiger partial charge in [0.05, 0.1) is 19.8 Å². The number of rotatable bonds is 8. The fourth-order valence-electron chi connectivity index (χ4n) is 4.42. The molecule has 178 valence electrons. The molecule has 0 aliphatic carbocycles. The summed E-state index contributed by atoms with van der Waals surface area (Å²) in [5, 5.41) is 0. The highest BCUT2D eigenvalue weighted by Crippen LogP contribution is 2.37. The molecule has 0 N–H and O–H groups in total. The second-order valence-electron chi connectivity index (χ2n) is 8.48. The maximum Gasteiger partial charge on any atom is 0.186 e. The standard InChI is InChI=1S/C28H30O6/c1-29-28-26(31-18-21-13-7-3-8-14-21)25(30-17-20-11-5-2-6-12-20)24-23(33-28)19-32-27(34-24)22-15-9-4-10-16-22/h2-16,23-28H,17-19H2,1H3/t23-,24-,25+,26+,27-,28+/m1/s1. The molecule has 0 unspecified atom stereocenters. The van der Waals surface area contributed by atoms with Crippen LogP contribution in [0.5, 0.6) is 0 Å². The van der Waals surface area contributed by atoms with E-state index in [2.05, 4.69) is 0 Å². The predicted molar refractivity (Wildman–Crippen MR) is 126 cm³/mol. The third-order valence-corrected chi connectivity index (χ3v) is 6.16. The third kappa shape index (κ3) is 5.39. The highest BCUT2D eigenvalue weighted by atomic mass is 16.8. The molecule has 3 aromatic rings. The molecule has 0 saturated carbocycles. The van der Waals surface area contributed by atoms with Crippen molar-refractivity contribution in [1.82, 2.24) is 0 Å². The van der Waals surface area contributed by atoms with Gasteiger partial charge in [-0.05, 0) is 11.1 Å². The second-order valence-corrected chi connectivity index (χ2v) is 8.48. The summed E-state index contributed by atoms with van der Waals surface area (Å²) in [5.74, 6) is 0. The monoisotopic (exact) mass is 462 g/mol. The van der Waals surface area contributed by atoms with Crippen LogP contribution in [-0.2, 0) is 41.6 Å². The van der Waals surface area contributed by atoms with E-state index in [0.717, 1.165) is 16.7 Å². The largest absolute Gasteiger partial charge is 0.368 e. The van der Waals surface area contributed by atoms with E-state index < -0.39 is 24.8 Å². The van der Waals surface area contributed by atoms with E-state index in [1.165, 1.54) is 0 Å². The summed E-state index contributed by atoms with van der Waals surface area (Å²) in [6.45, 7) is 1.22. The van der Waals surface area contributed by atoms with E-state index in [1.807, 2.05) is 91.0 Å². The van der Waals surface area contributed by atoms with Gasteiger partial charge < -0.3 is 28.4 Å². The molecule has 2 heterocycles. The lowest BCUT2D eigenvalue weighted by Gasteiger charge is -2.48. The first-order valence-electron chi connectivity index (χ1n) is 11.6. The molecular formula is C28H30O6. The number of methoxy groups -OCH3 is 1. The Morgan fingerprint density at radius 1 is 0.706 bits per heavy atom. The third-order valence-electron chi connectivity index (χ3n) is 6.16. The zero-order chi connectivity index (χ0) is 23.2. The number of hydrogen-bond donors (Lipinski definition) is 0. The minimum atomic E-state index is -0.605. The minimum Gasteiger partial charge on any atom is -0.368 e. The maximum atomic E-state index is 6.49. The van der Waals surface area contributed by atoms with Gasteiger partial charge in [-0.2, -0.15) is 0 Å². The van der Waals surface area contributed by atoms with Crippen LogP contribution in [0.2, 0.25) is 0 Å². The molecule has 2 aliphatic rings. The van der Waals surface area contributed by atoms with E-state index in [4.69, 9.17) is 28.4 Å². The smallest absolute Gasteiger partial charge is 0.186 e. The number of ether oxygens (including phenoxy) is 6. The van der Waals surface area contributed by atoms with Crippen molar-refractivity contribution in [3.63, 3.8) is 0 Å². The van der Waals surface area contributed by atoms with Gasteiger partial charge >= 0.3 is 0 Å². The first kappa shape index (κ1) is 23.2. The van der Waals surface area contributed by atoms with Gasteiger partial charge in [0, 0.05) is 12.7 Å². The van der Waals surface area contributed by atoms with Gasteiger partial charge in [-0.3, -0.25) is 0 Å². The van der Waals surface area contributed by atoms with Crippen molar-refractivity contribution in [2.45, 2.75) is 50.2 Å². The Morgan fingerprint density at radius 2 is 1.26 bits per heavy atom. The highest BCUT2D eigenvalue weighted by molar-refractivity contribution is 5.17. The van der Waals surface area contributed by atoms with Gasteiger partial charge in [-0.1, -0.05) is 91.0 Å². The molecule has 2 aliphatic heterocycles. The van der Waals surface area contributed by atoms with Crippen LogP contribution in [0.3, 0.4) is 0 Å². The van der Waals surface area contributed by atoms with Crippen molar-refractivity contribution >= 4 is 0 Å². The van der Waals surface area contributed by atoms with Crippen LogP contribution in [0.25, 0.3) is 0 Å². The van der Waals surface area contributed by atoms with Crippen molar-refractivity contribution in [3.05, 3.63) is 108 Å². The van der Waals surface area contributed by atoms with Gasteiger partial charge in [0.2, 0.25) is 0 Å². The van der Waals surface area contributed by atoms with Gasteiger partial charge in [-0.25, -0.2) is 0 Å². The highest BCUT2D eigenvalue weighted by Gasteiger charge is 2.51. The predicted octanol–water partition coefficient (Wildman–Crippen LogP) is 4.64. The van der Waals surface area contributed by atoms with Crippen LogP contribution in [0, 0.1) is 0 Å². The van der Waals surface area contributed by atoms with Crippen molar-refractivity contribution < 1.29 is 28.4 Å². The average molecular weight is 463 g/mol. The fourth-order valence-corrected chi connectivity index (χ4v) is 4.42. The summed E-state index contributed by atoms with van der Waals surface area (Å²) in [6.07, 6.45) is -2.71. The summed E-state index contributed by atoms with van der Waals surface area (Å²) in [6, 6.07) is 30.0. The molecular weight excluding hydrogens is 432 g/mol. The van der Waals surface area contributed by atoms with Gasteiger partial charge in [0.25, 0.3) is 0 Å². The summed E-state index contributed by atoms with van der Waals surface area (Å²) in [7, 11) is 1.62. The molecule has 5 rings (SSSR count). The molecule has 34 heavy (non-hydrogen) atoms. The number of hydrogen-bond acceptors (Lipinski definition) is 6. The van der Waals surface area contributed by atoms with E-state index in [1.54, 1.807) is 7.11 Å². The van der Waals surface area contributed by atoms with E-state index in [-0.39, 0.29) is 12.2 Å². The molecule has 6 nitrogen and oxygen atoms in total. The molecule has 0 aromatic heterocycles. The summed E-state index contributed by atoms with van der Waals surface area (Å²) < 4.78 is 37.2. The number of fused-ring (bicyclic) bond motifs is 1. The molecule has 0 bridgehead atoms. The Balaban J connectivity index is 1.39. The Morgan fingerprint density at radius 3 is 1.85 bits per heavy atom. The SMILES string of the molecule is CO[C@H]1O[C@@H]2CO[C@@H](c3ccccc3)O[C@H]2[C@H](OCc2ccccc2)[C@@H]1OCc1ccccc1. The summed E-state index contributed by atoms with van der Waals surface area (Å²) in [4.78, 5) is 0. The van der Waals surface area contributed by atoms with Crippen LogP contribution in [0.15, 0.2) is 91.0 Å². The fraction of sp³-hybridized carbons (Fsp3) is 0.357. The minimum absolute atomic E-state index is 0.331. The van der Waals surface area contributed by atoms with Crippen molar-refractivity contribution in [2.75, 3.05) is 13.7 Å². The second kappa shape index (κ2) is 11.2. The lowest BCUT2D eigenvalue weighted by Crippen LogP contribution is -2.63. The van der Waals surface area contributed by atoms with E-state index in [9.17, 15) is 0 Å². The quantitative estimate of drug-likeness (QED) is 0.486. The average Bonchev–Trinajstić information content (AvgIpc) is 2.91. The van der Waals surface area contributed by atoms with Crippen molar-refractivity contribution in [3.8, 4) is 0 Å². The van der Waals surface area contributed by atoms with Crippen LogP contribution in [0.4, 0.5) is 0 Å². The first-order valence-corrected chi connectivity index (χ1v) is 11.6. The zero-order valence-corrected chi connectivity index (χ0v) is 19.2. The zero-order valence-electron chi connectivity index (χ0n) is 19.2. The Labute approximate surface area is 200 Å². The van der Waals surface area contributed by atoms with Crippen LogP contribution < -0.4 is 0 Å². The molecule has 3 aromatic carbocycles. The van der Waals surface area contributed by atoms with E-state index >= 15 is 0 Å².